The molecule has 3 nitrogen and oxygen atoms in total. The minimum atomic E-state index is 0.632. The smallest absolute Gasteiger partial charge is 0.113 e. The van der Waals surface area contributed by atoms with Gasteiger partial charge in [0.2, 0.25) is 0 Å². The average molecular weight is 332 g/mol. The SMILES string of the molecule is Nc1ccccc1Cn1ccnc1Cc1cc(Cl)cc(Cl)c1. The van der Waals surface area contributed by atoms with Crippen molar-refractivity contribution < 1.29 is 0 Å². The molecule has 1 aromatic heterocycles. The van der Waals surface area contributed by atoms with Crippen molar-refractivity contribution in [2.45, 2.75) is 13.0 Å². The number of anilines is 1. The molecule has 0 spiro atoms. The molecular formula is C17H15Cl2N3. The summed E-state index contributed by atoms with van der Waals surface area (Å²) in [7, 11) is 0. The van der Waals surface area contributed by atoms with Gasteiger partial charge in [0.15, 0.2) is 0 Å². The van der Waals surface area contributed by atoms with Crippen LogP contribution in [0.25, 0.3) is 0 Å². The molecule has 0 bridgehead atoms. The van der Waals surface area contributed by atoms with Crippen LogP contribution in [0, 0.1) is 0 Å². The Morgan fingerprint density at radius 1 is 1.05 bits per heavy atom. The Hall–Kier alpha value is -1.97. The summed E-state index contributed by atoms with van der Waals surface area (Å²) in [5.74, 6) is 0.946. The molecule has 0 fully saturated rings. The van der Waals surface area contributed by atoms with Crippen molar-refractivity contribution in [3.63, 3.8) is 0 Å². The highest BCUT2D eigenvalue weighted by molar-refractivity contribution is 6.34. The molecule has 1 heterocycles. The third kappa shape index (κ3) is 3.43. The fraction of sp³-hybridized carbons (Fsp3) is 0.118. The summed E-state index contributed by atoms with van der Waals surface area (Å²) in [5, 5.41) is 1.26. The molecule has 0 saturated heterocycles. The lowest BCUT2D eigenvalue weighted by atomic mass is 10.1. The summed E-state index contributed by atoms with van der Waals surface area (Å²) < 4.78 is 2.08. The summed E-state index contributed by atoms with van der Waals surface area (Å²) in [6.07, 6.45) is 4.41. The molecule has 0 unspecified atom stereocenters. The zero-order chi connectivity index (χ0) is 15.5. The van der Waals surface area contributed by atoms with E-state index in [9.17, 15) is 0 Å². The molecule has 2 N–H and O–H groups in total. The van der Waals surface area contributed by atoms with Crippen molar-refractivity contribution in [2.75, 3.05) is 5.73 Å². The number of nitrogens with zero attached hydrogens (tertiary/aromatic N) is 2. The summed E-state index contributed by atoms with van der Waals surface area (Å²) >= 11 is 12.1. The monoisotopic (exact) mass is 331 g/mol. The van der Waals surface area contributed by atoms with Gasteiger partial charge in [-0.2, -0.15) is 0 Å². The van der Waals surface area contributed by atoms with Crippen LogP contribution in [0.3, 0.4) is 0 Å². The summed E-state index contributed by atoms with van der Waals surface area (Å²) in [6.45, 7) is 0.691. The van der Waals surface area contributed by atoms with Gasteiger partial charge in [-0.3, -0.25) is 0 Å². The van der Waals surface area contributed by atoms with Crippen LogP contribution < -0.4 is 5.73 Å². The number of para-hydroxylation sites is 1. The van der Waals surface area contributed by atoms with Gasteiger partial charge in [0.05, 0.1) is 6.54 Å². The van der Waals surface area contributed by atoms with E-state index in [4.69, 9.17) is 28.9 Å². The largest absolute Gasteiger partial charge is 0.398 e. The van der Waals surface area contributed by atoms with E-state index < -0.39 is 0 Å². The zero-order valence-corrected chi connectivity index (χ0v) is 13.3. The van der Waals surface area contributed by atoms with Crippen LogP contribution in [0.5, 0.6) is 0 Å². The van der Waals surface area contributed by atoms with E-state index in [-0.39, 0.29) is 0 Å². The molecule has 5 heteroatoms. The van der Waals surface area contributed by atoms with E-state index in [1.54, 1.807) is 12.3 Å². The lowest BCUT2D eigenvalue weighted by molar-refractivity contribution is 0.742. The zero-order valence-electron chi connectivity index (χ0n) is 11.8. The molecule has 112 valence electrons. The molecule has 0 amide bonds. The van der Waals surface area contributed by atoms with Crippen LogP contribution in [0.4, 0.5) is 5.69 Å². The Morgan fingerprint density at radius 3 is 2.50 bits per heavy atom. The van der Waals surface area contributed by atoms with E-state index in [1.807, 2.05) is 42.6 Å². The molecule has 0 aliphatic carbocycles. The second-order valence-electron chi connectivity index (χ2n) is 5.12. The van der Waals surface area contributed by atoms with Gasteiger partial charge in [-0.05, 0) is 35.4 Å². The number of nitrogens with two attached hydrogens (primary N) is 1. The number of imidazole rings is 1. The number of hydrogen-bond acceptors (Lipinski definition) is 2. The van der Waals surface area contributed by atoms with Crippen molar-refractivity contribution in [1.82, 2.24) is 9.55 Å². The molecular weight excluding hydrogens is 317 g/mol. The molecule has 0 radical (unpaired) electrons. The Bertz CT molecular complexity index is 776. The molecule has 0 saturated carbocycles. The minimum Gasteiger partial charge on any atom is -0.398 e. The lowest BCUT2D eigenvalue weighted by Crippen LogP contribution is -2.07. The Kier molecular flexibility index (Phi) is 4.36. The fourth-order valence-electron chi connectivity index (χ4n) is 2.41. The van der Waals surface area contributed by atoms with Gasteiger partial charge in [0.25, 0.3) is 0 Å². The maximum atomic E-state index is 6.05. The van der Waals surface area contributed by atoms with E-state index in [1.165, 1.54) is 0 Å². The highest BCUT2D eigenvalue weighted by Crippen LogP contribution is 2.21. The van der Waals surface area contributed by atoms with E-state index in [2.05, 4.69) is 9.55 Å². The Morgan fingerprint density at radius 2 is 1.77 bits per heavy atom. The molecule has 22 heavy (non-hydrogen) atoms. The number of nitrogen functional groups attached to an aromatic ring is 1. The number of hydrogen-bond donors (Lipinski definition) is 1. The summed E-state index contributed by atoms with van der Waals surface area (Å²) in [5.41, 5.74) is 8.90. The lowest BCUT2D eigenvalue weighted by Gasteiger charge is -2.10. The summed E-state index contributed by atoms with van der Waals surface area (Å²) in [4.78, 5) is 4.43. The van der Waals surface area contributed by atoms with Gasteiger partial charge < -0.3 is 10.3 Å². The van der Waals surface area contributed by atoms with Gasteiger partial charge >= 0.3 is 0 Å². The molecule has 0 atom stereocenters. The number of rotatable bonds is 4. The predicted octanol–water partition coefficient (Wildman–Crippen LogP) is 4.41. The first-order valence-corrected chi connectivity index (χ1v) is 7.66. The standard InChI is InChI=1S/C17H15Cl2N3/c18-14-7-12(8-15(19)10-14)9-17-21-5-6-22(17)11-13-3-1-2-4-16(13)20/h1-8,10H,9,11,20H2. The van der Waals surface area contributed by atoms with Crippen molar-refractivity contribution >= 4 is 28.9 Å². The number of aromatic nitrogens is 2. The van der Waals surface area contributed by atoms with E-state index in [0.717, 1.165) is 22.6 Å². The number of benzene rings is 2. The maximum absolute atomic E-state index is 6.05. The van der Waals surface area contributed by atoms with Crippen LogP contribution in [0.1, 0.15) is 17.0 Å². The van der Waals surface area contributed by atoms with Gasteiger partial charge in [-0.25, -0.2) is 4.98 Å². The number of halogens is 2. The maximum Gasteiger partial charge on any atom is 0.113 e. The quantitative estimate of drug-likeness (QED) is 0.719. The van der Waals surface area contributed by atoms with Crippen molar-refractivity contribution in [1.29, 1.82) is 0 Å². The topological polar surface area (TPSA) is 43.8 Å². The van der Waals surface area contributed by atoms with Crippen molar-refractivity contribution in [3.8, 4) is 0 Å². The molecule has 2 aromatic carbocycles. The van der Waals surface area contributed by atoms with Crippen LogP contribution >= 0.6 is 23.2 Å². The van der Waals surface area contributed by atoms with Crippen molar-refractivity contribution in [3.05, 3.63) is 81.9 Å². The Labute approximate surface area is 139 Å². The highest BCUT2D eigenvalue weighted by Gasteiger charge is 2.08. The summed E-state index contributed by atoms with van der Waals surface area (Å²) in [6, 6.07) is 13.4. The van der Waals surface area contributed by atoms with Crippen LogP contribution in [0.15, 0.2) is 54.9 Å². The third-order valence-electron chi connectivity index (χ3n) is 3.48. The van der Waals surface area contributed by atoms with Gasteiger partial charge in [-0.1, -0.05) is 41.4 Å². The van der Waals surface area contributed by atoms with Gasteiger partial charge in [0, 0.05) is 34.5 Å². The van der Waals surface area contributed by atoms with E-state index in [0.29, 0.717) is 23.0 Å². The molecule has 0 aliphatic heterocycles. The van der Waals surface area contributed by atoms with Gasteiger partial charge in [0.1, 0.15) is 5.82 Å². The Balaban J connectivity index is 1.85. The molecule has 0 aliphatic rings. The molecule has 3 rings (SSSR count). The van der Waals surface area contributed by atoms with Crippen LogP contribution in [0.2, 0.25) is 10.0 Å². The first-order valence-electron chi connectivity index (χ1n) is 6.90. The van der Waals surface area contributed by atoms with Gasteiger partial charge in [-0.15, -0.1) is 0 Å². The average Bonchev–Trinajstić information content (AvgIpc) is 2.87. The van der Waals surface area contributed by atoms with E-state index >= 15 is 0 Å². The predicted molar refractivity (Wildman–Crippen MR) is 91.5 cm³/mol. The van der Waals surface area contributed by atoms with Crippen LogP contribution in [-0.4, -0.2) is 9.55 Å². The highest BCUT2D eigenvalue weighted by atomic mass is 35.5. The first-order chi connectivity index (χ1) is 10.6. The minimum absolute atomic E-state index is 0.632. The molecule has 3 aromatic rings. The normalized spacial score (nSPS) is 10.8. The van der Waals surface area contributed by atoms with Crippen molar-refractivity contribution in [2.24, 2.45) is 0 Å². The van der Waals surface area contributed by atoms with Crippen LogP contribution in [-0.2, 0) is 13.0 Å². The third-order valence-corrected chi connectivity index (χ3v) is 3.92. The fourth-order valence-corrected chi connectivity index (χ4v) is 2.98. The second-order valence-corrected chi connectivity index (χ2v) is 6.00. The second kappa shape index (κ2) is 6.42. The first kappa shape index (κ1) is 14.9.